The average Bonchev–Trinajstić information content (AvgIpc) is 2.69. The van der Waals surface area contributed by atoms with Crippen LogP contribution in [0, 0.1) is 30.1 Å². The highest BCUT2D eigenvalue weighted by Crippen LogP contribution is 2.24. The average molecular weight is 356 g/mol. The van der Waals surface area contributed by atoms with Crippen LogP contribution in [-0.4, -0.2) is 18.5 Å². The van der Waals surface area contributed by atoms with Gasteiger partial charge in [0.2, 0.25) is 0 Å². The van der Waals surface area contributed by atoms with Crippen molar-refractivity contribution in [2.24, 2.45) is 10.9 Å². The molecule has 3 rings (SSSR count). The van der Waals surface area contributed by atoms with Gasteiger partial charge >= 0.3 is 0 Å². The third-order valence-electron chi connectivity index (χ3n) is 4.32. The van der Waals surface area contributed by atoms with Gasteiger partial charge in [0, 0.05) is 40.1 Å². The molecule has 0 saturated heterocycles. The summed E-state index contributed by atoms with van der Waals surface area (Å²) in [5, 5.41) is 0. The minimum absolute atomic E-state index is 0.577. The molecular formula is C24H21NS. The summed E-state index contributed by atoms with van der Waals surface area (Å²) in [5.74, 6) is 10.7. The van der Waals surface area contributed by atoms with Crippen molar-refractivity contribution in [1.29, 1.82) is 0 Å². The standard InChI is InChI=1S/C24H21NS/c1-3-20-4-6-21(7-5-20)8-9-22-10-12-24(13-11-22)26-17-15-23-14-16-25-18-19(23)2/h1,4-7,10-14,16,19H,15,17-18H2,2H3. The quantitative estimate of drug-likeness (QED) is 0.542. The molecule has 1 heterocycles. The molecule has 0 spiro atoms. The van der Waals surface area contributed by atoms with Gasteiger partial charge < -0.3 is 0 Å². The molecule has 2 aromatic rings. The van der Waals surface area contributed by atoms with E-state index >= 15 is 0 Å². The van der Waals surface area contributed by atoms with Crippen LogP contribution in [0.3, 0.4) is 0 Å². The van der Waals surface area contributed by atoms with Crippen molar-refractivity contribution >= 4 is 18.0 Å². The maximum absolute atomic E-state index is 5.37. The lowest BCUT2D eigenvalue weighted by Crippen LogP contribution is -2.08. The molecule has 0 fully saturated rings. The van der Waals surface area contributed by atoms with Crippen molar-refractivity contribution in [3.63, 3.8) is 0 Å². The lowest BCUT2D eigenvalue weighted by molar-refractivity contribution is 0.666. The molecule has 1 aliphatic heterocycles. The zero-order valence-corrected chi connectivity index (χ0v) is 15.7. The van der Waals surface area contributed by atoms with Crippen LogP contribution in [0.4, 0.5) is 0 Å². The van der Waals surface area contributed by atoms with Crippen molar-refractivity contribution in [2.75, 3.05) is 12.3 Å². The van der Waals surface area contributed by atoms with E-state index in [2.05, 4.69) is 60.0 Å². The number of hydrogen-bond acceptors (Lipinski definition) is 2. The minimum Gasteiger partial charge on any atom is -0.293 e. The summed E-state index contributed by atoms with van der Waals surface area (Å²) in [6.45, 7) is 3.18. The number of allylic oxidation sites excluding steroid dienone is 1. The van der Waals surface area contributed by atoms with Gasteiger partial charge in [0.1, 0.15) is 0 Å². The second-order valence-corrected chi connectivity index (χ2v) is 7.42. The topological polar surface area (TPSA) is 12.4 Å². The van der Waals surface area contributed by atoms with Crippen LogP contribution in [0.25, 0.3) is 0 Å². The van der Waals surface area contributed by atoms with E-state index in [9.17, 15) is 0 Å². The Labute approximate surface area is 160 Å². The molecule has 0 N–H and O–H groups in total. The van der Waals surface area contributed by atoms with Gasteiger partial charge in [0.15, 0.2) is 0 Å². The zero-order chi connectivity index (χ0) is 18.2. The Bertz CT molecular complexity index is 900. The Morgan fingerprint density at radius 1 is 1.00 bits per heavy atom. The van der Waals surface area contributed by atoms with Crippen molar-refractivity contribution in [3.05, 3.63) is 76.9 Å². The highest BCUT2D eigenvalue weighted by molar-refractivity contribution is 7.99. The number of dihydropyridines is 1. The highest BCUT2D eigenvalue weighted by Gasteiger charge is 2.10. The number of aliphatic imine (C=N–C) groups is 1. The second-order valence-electron chi connectivity index (χ2n) is 6.25. The van der Waals surface area contributed by atoms with Crippen molar-refractivity contribution < 1.29 is 0 Å². The Morgan fingerprint density at radius 2 is 1.62 bits per heavy atom. The number of hydrogen-bond donors (Lipinski definition) is 0. The number of terminal acetylenes is 1. The van der Waals surface area contributed by atoms with E-state index < -0.39 is 0 Å². The van der Waals surface area contributed by atoms with Gasteiger partial charge in [-0.25, -0.2) is 0 Å². The van der Waals surface area contributed by atoms with E-state index in [0.717, 1.165) is 35.4 Å². The molecule has 0 saturated carbocycles. The van der Waals surface area contributed by atoms with Crippen molar-refractivity contribution in [2.45, 2.75) is 18.2 Å². The van der Waals surface area contributed by atoms with E-state index in [0.29, 0.717) is 5.92 Å². The van der Waals surface area contributed by atoms with Gasteiger partial charge in [0.25, 0.3) is 0 Å². The smallest absolute Gasteiger partial charge is 0.0452 e. The molecule has 0 radical (unpaired) electrons. The fourth-order valence-corrected chi connectivity index (χ4v) is 3.60. The highest BCUT2D eigenvalue weighted by atomic mass is 32.2. The first kappa shape index (κ1) is 18.1. The van der Waals surface area contributed by atoms with Crippen molar-refractivity contribution in [1.82, 2.24) is 0 Å². The summed E-state index contributed by atoms with van der Waals surface area (Å²) >= 11 is 1.89. The van der Waals surface area contributed by atoms with E-state index in [1.165, 1.54) is 10.5 Å². The second kappa shape index (κ2) is 9.14. The summed E-state index contributed by atoms with van der Waals surface area (Å²) in [4.78, 5) is 5.59. The first-order chi connectivity index (χ1) is 12.7. The van der Waals surface area contributed by atoms with Crippen LogP contribution in [0.15, 0.2) is 70.1 Å². The molecule has 128 valence electrons. The van der Waals surface area contributed by atoms with Crippen LogP contribution in [0.1, 0.15) is 30.0 Å². The monoisotopic (exact) mass is 355 g/mol. The minimum atomic E-state index is 0.577. The predicted molar refractivity (Wildman–Crippen MR) is 113 cm³/mol. The lowest BCUT2D eigenvalue weighted by Gasteiger charge is -2.16. The molecule has 2 heteroatoms. The zero-order valence-electron chi connectivity index (χ0n) is 14.9. The number of rotatable bonds is 4. The molecule has 0 amide bonds. The fraction of sp³-hybridized carbons (Fsp3) is 0.208. The van der Waals surface area contributed by atoms with E-state index in [-0.39, 0.29) is 0 Å². The first-order valence-corrected chi connectivity index (χ1v) is 9.73. The van der Waals surface area contributed by atoms with Gasteiger partial charge in [-0.1, -0.05) is 30.3 Å². The fourth-order valence-electron chi connectivity index (χ4n) is 2.69. The number of benzene rings is 2. The normalized spacial score (nSPS) is 15.5. The molecule has 0 aromatic heterocycles. The Hall–Kier alpha value is -2.68. The van der Waals surface area contributed by atoms with Crippen LogP contribution < -0.4 is 0 Å². The third kappa shape index (κ3) is 5.16. The van der Waals surface area contributed by atoms with Gasteiger partial charge in [-0.2, -0.15) is 0 Å². The van der Waals surface area contributed by atoms with Gasteiger partial charge in [-0.15, -0.1) is 18.2 Å². The molecule has 1 unspecified atom stereocenters. The number of nitrogens with zero attached hydrogens (tertiary/aromatic N) is 1. The van der Waals surface area contributed by atoms with Gasteiger partial charge in [-0.3, -0.25) is 4.99 Å². The maximum Gasteiger partial charge on any atom is 0.0452 e. The van der Waals surface area contributed by atoms with Gasteiger partial charge in [-0.05, 0) is 66.9 Å². The Kier molecular flexibility index (Phi) is 6.37. The molecule has 1 nitrogen and oxygen atoms in total. The summed E-state index contributed by atoms with van der Waals surface area (Å²) in [6, 6.07) is 16.2. The third-order valence-corrected chi connectivity index (χ3v) is 5.34. The molecule has 26 heavy (non-hydrogen) atoms. The van der Waals surface area contributed by atoms with Crippen LogP contribution in [-0.2, 0) is 0 Å². The summed E-state index contributed by atoms with van der Waals surface area (Å²) in [7, 11) is 0. The molecule has 2 aromatic carbocycles. The van der Waals surface area contributed by atoms with E-state index in [4.69, 9.17) is 6.42 Å². The molecular weight excluding hydrogens is 334 g/mol. The van der Waals surface area contributed by atoms with Crippen molar-refractivity contribution in [3.8, 4) is 24.2 Å². The summed E-state index contributed by atoms with van der Waals surface area (Å²) in [6.07, 6.45) is 10.6. The van der Waals surface area contributed by atoms with E-state index in [1.54, 1.807) is 0 Å². The Morgan fingerprint density at radius 3 is 2.23 bits per heavy atom. The maximum atomic E-state index is 5.37. The van der Waals surface area contributed by atoms with Crippen LogP contribution in [0.2, 0.25) is 0 Å². The predicted octanol–water partition coefficient (Wildman–Crippen LogP) is 5.20. The SMILES string of the molecule is C#Cc1ccc(C#Cc2ccc(SCCC3=CC=NCC3C)cc2)cc1. The van der Waals surface area contributed by atoms with Crippen LogP contribution in [0.5, 0.6) is 0 Å². The van der Waals surface area contributed by atoms with E-state index in [1.807, 2.05) is 42.2 Å². The largest absolute Gasteiger partial charge is 0.293 e. The summed E-state index contributed by atoms with van der Waals surface area (Å²) in [5.41, 5.74) is 4.38. The Balaban J connectivity index is 1.53. The number of thioether (sulfide) groups is 1. The molecule has 1 aliphatic rings. The first-order valence-electron chi connectivity index (χ1n) is 8.75. The molecule has 0 bridgehead atoms. The lowest BCUT2D eigenvalue weighted by atomic mass is 9.97. The van der Waals surface area contributed by atoms with Crippen LogP contribution >= 0.6 is 11.8 Å². The molecule has 1 atom stereocenters. The summed E-state index contributed by atoms with van der Waals surface area (Å²) < 4.78 is 0. The van der Waals surface area contributed by atoms with Gasteiger partial charge in [0.05, 0.1) is 0 Å². The molecule has 0 aliphatic carbocycles.